The van der Waals surface area contributed by atoms with Crippen molar-refractivity contribution in [2.75, 3.05) is 13.1 Å². The van der Waals surface area contributed by atoms with E-state index >= 15 is 0 Å². The Bertz CT molecular complexity index is 459. The van der Waals surface area contributed by atoms with E-state index in [1.807, 2.05) is 6.07 Å². The van der Waals surface area contributed by atoms with Gasteiger partial charge in [0.1, 0.15) is 0 Å². The molecule has 1 saturated carbocycles. The zero-order valence-electron chi connectivity index (χ0n) is 11.9. The summed E-state index contributed by atoms with van der Waals surface area (Å²) in [5, 5.41) is 9.22. The lowest BCUT2D eigenvalue weighted by molar-refractivity contribution is -0.144. The molecule has 1 aromatic rings. The summed E-state index contributed by atoms with van der Waals surface area (Å²) < 4.78 is 0. The maximum Gasteiger partial charge on any atom is 0.306 e. The van der Waals surface area contributed by atoms with Crippen molar-refractivity contribution in [1.82, 2.24) is 4.90 Å². The average Bonchev–Trinajstić information content (AvgIpc) is 2.47. The van der Waals surface area contributed by atoms with Crippen LogP contribution < -0.4 is 0 Å². The Morgan fingerprint density at radius 3 is 2.70 bits per heavy atom. The summed E-state index contributed by atoms with van der Waals surface area (Å²) in [6.07, 6.45) is 4.12. The van der Waals surface area contributed by atoms with E-state index < -0.39 is 5.97 Å². The van der Waals surface area contributed by atoms with Crippen molar-refractivity contribution in [2.45, 2.75) is 32.2 Å². The first-order valence-electron chi connectivity index (χ1n) is 7.71. The molecule has 0 spiro atoms. The maximum absolute atomic E-state index is 11.2. The minimum absolute atomic E-state index is 0.104. The van der Waals surface area contributed by atoms with Crippen LogP contribution in [-0.2, 0) is 11.3 Å². The highest BCUT2D eigenvalue weighted by Crippen LogP contribution is 2.39. The van der Waals surface area contributed by atoms with Gasteiger partial charge >= 0.3 is 5.97 Å². The molecule has 0 radical (unpaired) electrons. The van der Waals surface area contributed by atoms with Crippen LogP contribution >= 0.6 is 0 Å². The van der Waals surface area contributed by atoms with Gasteiger partial charge in [0, 0.05) is 13.1 Å². The lowest BCUT2D eigenvalue weighted by atomic mass is 9.71. The summed E-state index contributed by atoms with van der Waals surface area (Å²) in [5.74, 6) is 0.650. The molecule has 2 fully saturated rings. The van der Waals surface area contributed by atoms with Crippen molar-refractivity contribution in [3.63, 3.8) is 0 Å². The van der Waals surface area contributed by atoms with Gasteiger partial charge in [-0.3, -0.25) is 9.69 Å². The second-order valence-electron chi connectivity index (χ2n) is 6.38. The molecule has 2 aliphatic rings. The average molecular weight is 273 g/mol. The SMILES string of the molecule is O=C(O)C1CCC2CCN(Cc3ccccc3)CC2C1. The van der Waals surface area contributed by atoms with E-state index in [1.54, 1.807) is 0 Å². The minimum Gasteiger partial charge on any atom is -0.481 e. The summed E-state index contributed by atoms with van der Waals surface area (Å²) in [7, 11) is 0. The van der Waals surface area contributed by atoms with Gasteiger partial charge in [0.25, 0.3) is 0 Å². The van der Waals surface area contributed by atoms with Crippen molar-refractivity contribution in [1.29, 1.82) is 0 Å². The molecule has 3 unspecified atom stereocenters. The first kappa shape index (κ1) is 13.6. The number of aliphatic carboxylic acids is 1. The van der Waals surface area contributed by atoms with Crippen molar-refractivity contribution >= 4 is 5.97 Å². The molecule has 0 aromatic heterocycles. The monoisotopic (exact) mass is 273 g/mol. The Morgan fingerprint density at radius 2 is 1.95 bits per heavy atom. The van der Waals surface area contributed by atoms with Crippen LogP contribution in [-0.4, -0.2) is 29.1 Å². The van der Waals surface area contributed by atoms with Crippen molar-refractivity contribution < 1.29 is 9.90 Å². The van der Waals surface area contributed by atoms with Gasteiger partial charge in [0.2, 0.25) is 0 Å². The zero-order valence-corrected chi connectivity index (χ0v) is 11.9. The molecule has 3 heteroatoms. The smallest absolute Gasteiger partial charge is 0.306 e. The third-order valence-corrected chi connectivity index (χ3v) is 5.05. The molecule has 1 aliphatic heterocycles. The van der Waals surface area contributed by atoms with Gasteiger partial charge in [0.15, 0.2) is 0 Å². The quantitative estimate of drug-likeness (QED) is 0.920. The van der Waals surface area contributed by atoms with Crippen LogP contribution in [0, 0.1) is 17.8 Å². The highest BCUT2D eigenvalue weighted by molar-refractivity contribution is 5.70. The number of likely N-dealkylation sites (tertiary alicyclic amines) is 1. The number of hydrogen-bond donors (Lipinski definition) is 1. The summed E-state index contributed by atoms with van der Waals surface area (Å²) in [6, 6.07) is 10.6. The van der Waals surface area contributed by atoms with Crippen molar-refractivity contribution in [3.8, 4) is 0 Å². The third kappa shape index (κ3) is 3.04. The molecule has 20 heavy (non-hydrogen) atoms. The Kier molecular flexibility index (Phi) is 4.06. The molecule has 3 atom stereocenters. The molecular formula is C17H23NO2. The van der Waals surface area contributed by atoms with E-state index in [2.05, 4.69) is 29.2 Å². The van der Waals surface area contributed by atoms with Crippen LogP contribution in [0.25, 0.3) is 0 Å². The van der Waals surface area contributed by atoms with Crippen molar-refractivity contribution in [2.24, 2.45) is 17.8 Å². The Labute approximate surface area is 120 Å². The van der Waals surface area contributed by atoms with E-state index in [-0.39, 0.29) is 5.92 Å². The Balaban J connectivity index is 1.60. The first-order chi connectivity index (χ1) is 9.72. The lowest BCUT2D eigenvalue weighted by Gasteiger charge is -2.43. The number of benzene rings is 1. The van der Waals surface area contributed by atoms with Crippen molar-refractivity contribution in [3.05, 3.63) is 35.9 Å². The number of carboxylic acid groups (broad SMARTS) is 1. The van der Waals surface area contributed by atoms with Crippen LogP contribution in [0.3, 0.4) is 0 Å². The Morgan fingerprint density at radius 1 is 1.15 bits per heavy atom. The summed E-state index contributed by atoms with van der Waals surface area (Å²) >= 11 is 0. The van der Waals surface area contributed by atoms with Gasteiger partial charge in [-0.25, -0.2) is 0 Å². The van der Waals surface area contributed by atoms with Gasteiger partial charge in [-0.05, 0) is 49.6 Å². The fourth-order valence-electron chi connectivity index (χ4n) is 3.91. The maximum atomic E-state index is 11.2. The highest BCUT2D eigenvalue weighted by Gasteiger charge is 2.37. The summed E-state index contributed by atoms with van der Waals surface area (Å²) in [4.78, 5) is 13.7. The molecule has 108 valence electrons. The van der Waals surface area contributed by atoms with Crippen LogP contribution in [0.5, 0.6) is 0 Å². The zero-order chi connectivity index (χ0) is 13.9. The predicted octanol–water partition coefficient (Wildman–Crippen LogP) is 3.01. The molecule has 1 N–H and O–H groups in total. The van der Waals surface area contributed by atoms with Gasteiger partial charge < -0.3 is 5.11 Å². The number of carboxylic acids is 1. The van der Waals surface area contributed by atoms with E-state index in [0.717, 1.165) is 44.8 Å². The normalized spacial score (nSPS) is 30.7. The molecule has 3 rings (SSSR count). The van der Waals surface area contributed by atoms with Crippen LogP contribution in [0.2, 0.25) is 0 Å². The molecular weight excluding hydrogens is 250 g/mol. The van der Waals surface area contributed by atoms with Crippen LogP contribution in [0.15, 0.2) is 30.3 Å². The van der Waals surface area contributed by atoms with E-state index in [9.17, 15) is 9.90 Å². The molecule has 1 saturated heterocycles. The van der Waals surface area contributed by atoms with Gasteiger partial charge in [0.05, 0.1) is 5.92 Å². The molecule has 3 nitrogen and oxygen atoms in total. The number of carbonyl (C=O) groups is 1. The molecule has 1 aliphatic carbocycles. The standard InChI is InChI=1S/C17H23NO2/c19-17(20)15-7-6-14-8-9-18(12-16(14)10-15)11-13-4-2-1-3-5-13/h1-5,14-16H,6-12H2,(H,19,20). The Hall–Kier alpha value is -1.35. The number of hydrogen-bond acceptors (Lipinski definition) is 2. The predicted molar refractivity (Wildman–Crippen MR) is 78.3 cm³/mol. The van der Waals surface area contributed by atoms with Gasteiger partial charge in [-0.15, -0.1) is 0 Å². The fourth-order valence-corrected chi connectivity index (χ4v) is 3.91. The summed E-state index contributed by atoms with van der Waals surface area (Å²) in [6.45, 7) is 3.24. The van der Waals surface area contributed by atoms with E-state index in [1.165, 1.54) is 12.0 Å². The molecule has 0 amide bonds. The van der Waals surface area contributed by atoms with Gasteiger partial charge in [-0.1, -0.05) is 30.3 Å². The number of piperidine rings is 1. The fraction of sp³-hybridized carbons (Fsp3) is 0.588. The second kappa shape index (κ2) is 5.96. The minimum atomic E-state index is -0.594. The third-order valence-electron chi connectivity index (χ3n) is 5.05. The highest BCUT2D eigenvalue weighted by atomic mass is 16.4. The van der Waals surface area contributed by atoms with Gasteiger partial charge in [-0.2, -0.15) is 0 Å². The van der Waals surface area contributed by atoms with E-state index in [0.29, 0.717) is 5.92 Å². The number of fused-ring (bicyclic) bond motifs is 1. The van der Waals surface area contributed by atoms with Crippen LogP contribution in [0.1, 0.15) is 31.2 Å². The second-order valence-corrected chi connectivity index (χ2v) is 6.38. The lowest BCUT2D eigenvalue weighted by Crippen LogP contribution is -2.43. The molecule has 1 aromatic carbocycles. The number of nitrogens with zero attached hydrogens (tertiary/aromatic N) is 1. The van der Waals surface area contributed by atoms with Crippen LogP contribution in [0.4, 0.5) is 0 Å². The number of rotatable bonds is 3. The molecule has 0 bridgehead atoms. The topological polar surface area (TPSA) is 40.5 Å². The summed E-state index contributed by atoms with van der Waals surface area (Å²) in [5.41, 5.74) is 1.36. The first-order valence-corrected chi connectivity index (χ1v) is 7.71. The largest absolute Gasteiger partial charge is 0.481 e. The van der Waals surface area contributed by atoms with E-state index in [4.69, 9.17) is 0 Å². The molecule has 1 heterocycles.